The maximum absolute atomic E-state index is 13.1. The number of carbonyl (C=O) groups is 1. The van der Waals surface area contributed by atoms with Gasteiger partial charge in [-0.25, -0.2) is 0 Å². The highest BCUT2D eigenvalue weighted by molar-refractivity contribution is 5.81. The molecule has 0 aromatic rings. The van der Waals surface area contributed by atoms with Crippen molar-refractivity contribution in [2.75, 3.05) is 33.2 Å². The molecule has 0 radical (unpaired) electrons. The van der Waals surface area contributed by atoms with Crippen molar-refractivity contribution in [3.63, 3.8) is 0 Å². The number of carbonyl (C=O) groups excluding carboxylic acids is 1. The van der Waals surface area contributed by atoms with Crippen molar-refractivity contribution < 1.29 is 22.4 Å². The number of halogens is 4. The van der Waals surface area contributed by atoms with Crippen LogP contribution in [0.5, 0.6) is 0 Å². The summed E-state index contributed by atoms with van der Waals surface area (Å²) >= 11 is 0. The summed E-state index contributed by atoms with van der Waals surface area (Å²) in [7, 11) is 1.86. The molecule has 2 aliphatic rings. The molecule has 0 aromatic heterocycles. The maximum Gasteiger partial charge on any atom is 0.321 e. The van der Waals surface area contributed by atoms with Crippen LogP contribution in [0.2, 0.25) is 0 Å². The van der Waals surface area contributed by atoms with E-state index in [0.717, 1.165) is 0 Å². The van der Waals surface area contributed by atoms with E-state index in [0.29, 0.717) is 26.2 Å². The Bertz CT molecular complexity index is 326. The lowest BCUT2D eigenvalue weighted by atomic mass is 9.75. The largest absolute Gasteiger partial charge is 0.340 e. The molecule has 17 heavy (non-hydrogen) atoms. The second kappa shape index (κ2) is 3.83. The standard InChI is InChI=1S/C10H14F4N2O/c1-15-2-4-16(5-3-15)8(17)7-6-9(11,12)10(7,13)14/h7H,2-6H2,1H3. The van der Waals surface area contributed by atoms with Gasteiger partial charge in [0.2, 0.25) is 5.91 Å². The van der Waals surface area contributed by atoms with E-state index in [-0.39, 0.29) is 0 Å². The first-order valence-corrected chi connectivity index (χ1v) is 5.48. The van der Waals surface area contributed by atoms with E-state index in [2.05, 4.69) is 0 Å². The van der Waals surface area contributed by atoms with E-state index in [1.165, 1.54) is 4.90 Å². The second-order valence-electron chi connectivity index (χ2n) is 4.71. The van der Waals surface area contributed by atoms with E-state index in [4.69, 9.17) is 0 Å². The summed E-state index contributed by atoms with van der Waals surface area (Å²) in [4.78, 5) is 14.9. The van der Waals surface area contributed by atoms with Gasteiger partial charge in [-0.05, 0) is 7.05 Å². The first kappa shape index (κ1) is 12.6. The highest BCUT2D eigenvalue weighted by atomic mass is 19.3. The zero-order chi connectivity index (χ0) is 12.8. The number of piperazine rings is 1. The predicted molar refractivity (Wildman–Crippen MR) is 52.1 cm³/mol. The van der Waals surface area contributed by atoms with Crippen molar-refractivity contribution in [2.24, 2.45) is 5.92 Å². The zero-order valence-electron chi connectivity index (χ0n) is 9.43. The number of hydrogen-bond donors (Lipinski definition) is 0. The van der Waals surface area contributed by atoms with Gasteiger partial charge < -0.3 is 9.80 Å². The smallest absolute Gasteiger partial charge is 0.321 e. The van der Waals surface area contributed by atoms with Crippen LogP contribution in [0.15, 0.2) is 0 Å². The summed E-state index contributed by atoms with van der Waals surface area (Å²) in [5.41, 5.74) is 0. The topological polar surface area (TPSA) is 23.6 Å². The molecule has 0 spiro atoms. The van der Waals surface area contributed by atoms with Crippen LogP contribution in [0.4, 0.5) is 17.6 Å². The Morgan fingerprint density at radius 3 is 2.06 bits per heavy atom. The Hall–Kier alpha value is -0.850. The van der Waals surface area contributed by atoms with Crippen molar-refractivity contribution in [3.05, 3.63) is 0 Å². The fraction of sp³-hybridized carbons (Fsp3) is 0.900. The fourth-order valence-electron chi connectivity index (χ4n) is 2.13. The molecule has 1 atom stereocenters. The minimum absolute atomic E-state index is 0.327. The van der Waals surface area contributed by atoms with E-state index in [1.807, 2.05) is 11.9 Å². The molecule has 7 heteroatoms. The first-order chi connectivity index (χ1) is 7.75. The molecule has 1 unspecified atom stereocenters. The molecular weight excluding hydrogens is 240 g/mol. The highest BCUT2D eigenvalue weighted by Gasteiger charge is 2.74. The number of alkyl halides is 4. The van der Waals surface area contributed by atoms with Gasteiger partial charge in [0.25, 0.3) is 0 Å². The second-order valence-corrected chi connectivity index (χ2v) is 4.71. The zero-order valence-corrected chi connectivity index (χ0v) is 9.43. The van der Waals surface area contributed by atoms with Crippen LogP contribution in [-0.4, -0.2) is 60.8 Å². The minimum Gasteiger partial charge on any atom is -0.340 e. The SMILES string of the molecule is CN1CCN(C(=O)C2CC(F)(F)C2(F)F)CC1. The van der Waals surface area contributed by atoms with Crippen LogP contribution < -0.4 is 0 Å². The summed E-state index contributed by atoms with van der Waals surface area (Å²) < 4.78 is 51.4. The highest BCUT2D eigenvalue weighted by Crippen LogP contribution is 2.55. The summed E-state index contributed by atoms with van der Waals surface area (Å²) in [6, 6.07) is 0. The molecule has 1 aliphatic heterocycles. The Balaban J connectivity index is 1.98. The molecule has 1 saturated carbocycles. The van der Waals surface area contributed by atoms with Gasteiger partial charge in [-0.2, -0.15) is 17.6 Å². The van der Waals surface area contributed by atoms with Crippen LogP contribution in [0.3, 0.4) is 0 Å². The lowest BCUT2D eigenvalue weighted by Gasteiger charge is -2.45. The lowest BCUT2D eigenvalue weighted by Crippen LogP contribution is -2.64. The van der Waals surface area contributed by atoms with Crippen molar-refractivity contribution in [1.82, 2.24) is 9.80 Å². The number of nitrogens with zero attached hydrogens (tertiary/aromatic N) is 2. The molecule has 0 N–H and O–H groups in total. The monoisotopic (exact) mass is 254 g/mol. The molecule has 98 valence electrons. The summed E-state index contributed by atoms with van der Waals surface area (Å²) in [6.45, 7) is 1.82. The quantitative estimate of drug-likeness (QED) is 0.653. The van der Waals surface area contributed by atoms with Crippen molar-refractivity contribution in [1.29, 1.82) is 0 Å². The molecule has 2 fully saturated rings. The lowest BCUT2D eigenvalue weighted by molar-refractivity contribution is -0.307. The first-order valence-electron chi connectivity index (χ1n) is 5.48. The molecule has 3 nitrogen and oxygen atoms in total. The van der Waals surface area contributed by atoms with Crippen LogP contribution in [-0.2, 0) is 4.79 Å². The number of likely N-dealkylation sites (N-methyl/N-ethyl adjacent to an activating group) is 1. The van der Waals surface area contributed by atoms with Crippen molar-refractivity contribution >= 4 is 5.91 Å². The molecule has 1 saturated heterocycles. The van der Waals surface area contributed by atoms with Gasteiger partial charge in [0.1, 0.15) is 5.92 Å². The van der Waals surface area contributed by atoms with Gasteiger partial charge in [0.05, 0.1) is 0 Å². The molecule has 1 aliphatic carbocycles. The summed E-state index contributed by atoms with van der Waals surface area (Å²) in [5.74, 6) is -10.9. The van der Waals surface area contributed by atoms with E-state index in [9.17, 15) is 22.4 Å². The average molecular weight is 254 g/mol. The maximum atomic E-state index is 13.1. The Morgan fingerprint density at radius 2 is 1.65 bits per heavy atom. The third kappa shape index (κ3) is 1.90. The Morgan fingerprint density at radius 1 is 1.12 bits per heavy atom. The number of hydrogen-bond acceptors (Lipinski definition) is 2. The molecule has 0 aromatic carbocycles. The van der Waals surface area contributed by atoms with Gasteiger partial charge in [0, 0.05) is 32.6 Å². The van der Waals surface area contributed by atoms with Crippen molar-refractivity contribution in [3.8, 4) is 0 Å². The van der Waals surface area contributed by atoms with Crippen LogP contribution in [0, 0.1) is 5.92 Å². The van der Waals surface area contributed by atoms with Gasteiger partial charge in [-0.1, -0.05) is 0 Å². The molecule has 1 amide bonds. The number of amides is 1. The third-order valence-corrected chi connectivity index (χ3v) is 3.50. The molecule has 2 rings (SSSR count). The minimum atomic E-state index is -4.19. The van der Waals surface area contributed by atoms with Gasteiger partial charge in [-0.3, -0.25) is 4.79 Å². The Kier molecular flexibility index (Phi) is 2.84. The van der Waals surface area contributed by atoms with Crippen LogP contribution in [0.25, 0.3) is 0 Å². The average Bonchev–Trinajstić information content (AvgIpc) is 2.26. The van der Waals surface area contributed by atoms with E-state index >= 15 is 0 Å². The normalized spacial score (nSPS) is 32.1. The summed E-state index contributed by atoms with van der Waals surface area (Å²) in [5, 5.41) is 0. The van der Waals surface area contributed by atoms with Crippen LogP contribution in [0.1, 0.15) is 6.42 Å². The van der Waals surface area contributed by atoms with Gasteiger partial charge >= 0.3 is 11.8 Å². The number of rotatable bonds is 1. The van der Waals surface area contributed by atoms with Crippen molar-refractivity contribution in [2.45, 2.75) is 18.3 Å². The molecule has 0 bridgehead atoms. The van der Waals surface area contributed by atoms with E-state index in [1.54, 1.807) is 0 Å². The molecule has 1 heterocycles. The fourth-order valence-corrected chi connectivity index (χ4v) is 2.13. The van der Waals surface area contributed by atoms with Gasteiger partial charge in [0.15, 0.2) is 0 Å². The van der Waals surface area contributed by atoms with Crippen LogP contribution >= 0.6 is 0 Å². The molecular formula is C10H14F4N2O. The summed E-state index contributed by atoms with van der Waals surface area (Å²) in [6.07, 6.45) is -1.04. The van der Waals surface area contributed by atoms with E-state index < -0.39 is 30.1 Å². The third-order valence-electron chi connectivity index (χ3n) is 3.50. The Labute approximate surface area is 96.4 Å². The predicted octanol–water partition coefficient (Wildman–Crippen LogP) is 1.05. The van der Waals surface area contributed by atoms with Gasteiger partial charge in [-0.15, -0.1) is 0 Å².